The van der Waals surface area contributed by atoms with E-state index < -0.39 is 5.41 Å². The van der Waals surface area contributed by atoms with E-state index in [2.05, 4.69) is 130 Å². The molecule has 0 aliphatic heterocycles. The zero-order chi connectivity index (χ0) is 21.4. The second kappa shape index (κ2) is 12.9. The molecule has 5 rings (SSSR count). The molecule has 0 N–H and O–H groups in total. The Morgan fingerprint density at radius 2 is 0.943 bits per heavy atom. The Hall–Kier alpha value is -1.93. The summed E-state index contributed by atoms with van der Waals surface area (Å²) in [4.78, 5) is 0. The van der Waals surface area contributed by atoms with Crippen LogP contribution < -0.4 is 0 Å². The smallest absolute Gasteiger partial charge is 0.0366 e. The number of halogens is 3. The van der Waals surface area contributed by atoms with E-state index in [1.54, 1.807) is 0 Å². The topological polar surface area (TPSA) is 0 Å². The van der Waals surface area contributed by atoms with E-state index in [-0.39, 0.29) is 58.9 Å². The van der Waals surface area contributed by atoms with Gasteiger partial charge in [0.2, 0.25) is 0 Å². The first kappa shape index (κ1) is 31.1. The van der Waals surface area contributed by atoms with E-state index in [1.807, 2.05) is 0 Å². The van der Waals surface area contributed by atoms with Crippen LogP contribution in [0.3, 0.4) is 0 Å². The van der Waals surface area contributed by atoms with Crippen LogP contribution in [0.25, 0.3) is 10.8 Å². The van der Waals surface area contributed by atoms with Crippen LogP contribution in [0.4, 0.5) is 0 Å². The van der Waals surface area contributed by atoms with Crippen LogP contribution in [0.2, 0.25) is 0 Å². The second-order valence-corrected chi connectivity index (χ2v) is 8.69. The minimum atomic E-state index is -0.396. The molecule has 0 spiro atoms. The van der Waals surface area contributed by atoms with Crippen molar-refractivity contribution in [2.45, 2.75) is 26.2 Å². The summed E-state index contributed by atoms with van der Waals surface area (Å²) in [6, 6.07) is 40.4. The van der Waals surface area contributed by atoms with Crippen LogP contribution in [-0.2, 0) is 27.1 Å². The van der Waals surface area contributed by atoms with Crippen molar-refractivity contribution >= 4 is 48.0 Å². The van der Waals surface area contributed by atoms with Crippen molar-refractivity contribution in [1.82, 2.24) is 0 Å². The van der Waals surface area contributed by atoms with Crippen molar-refractivity contribution in [1.29, 1.82) is 0 Å². The summed E-state index contributed by atoms with van der Waals surface area (Å²) in [6.07, 6.45) is 0. The van der Waals surface area contributed by atoms with Crippen LogP contribution in [0.5, 0.6) is 0 Å². The second-order valence-electron chi connectivity index (χ2n) is 8.69. The molecule has 0 saturated carbocycles. The molecule has 0 heterocycles. The maximum atomic E-state index is 2.35. The van der Waals surface area contributed by atoms with Gasteiger partial charge in [0.15, 0.2) is 0 Å². The third kappa shape index (κ3) is 5.58. The van der Waals surface area contributed by atoms with Gasteiger partial charge in [0.05, 0.1) is 0 Å². The average Bonchev–Trinajstić information content (AvgIpc) is 3.19. The first-order chi connectivity index (χ1) is 15.1. The van der Waals surface area contributed by atoms with Crippen molar-refractivity contribution in [2.75, 3.05) is 0 Å². The number of benzene rings is 4. The standard InChI is InChI=1S/C31H27.3ClH.Ti/c1-22-9-6-13-26(19-22)31(27-14-7-10-23(2)20-27,28-15-8-11-24(3)21-28)30-18-17-25-12-4-5-16-29(25)30;;;;/h4-21H,1-3H3;3*1H;/q-1;;;;. The van der Waals surface area contributed by atoms with Gasteiger partial charge in [-0.15, -0.1) is 77.8 Å². The zero-order valence-corrected chi connectivity index (χ0v) is 24.1. The van der Waals surface area contributed by atoms with Gasteiger partial charge in [0, 0.05) is 27.1 Å². The SMILES string of the molecule is Cc1cccc(C(c2cccc(C)c2)(c2cccc(C)c2)[c-]2ccc3ccccc32)c1.Cl.Cl.Cl.[Ti]. The average molecular weight is 557 g/mol. The Kier molecular flexibility index (Phi) is 11.4. The van der Waals surface area contributed by atoms with E-state index in [9.17, 15) is 0 Å². The Morgan fingerprint density at radius 1 is 0.514 bits per heavy atom. The summed E-state index contributed by atoms with van der Waals surface area (Å²) in [6.45, 7) is 6.55. The molecule has 0 nitrogen and oxygen atoms in total. The predicted molar refractivity (Wildman–Crippen MR) is 154 cm³/mol. The molecule has 0 saturated heterocycles. The number of fused-ring (bicyclic) bond motifs is 1. The minimum absolute atomic E-state index is 0. The van der Waals surface area contributed by atoms with Crippen molar-refractivity contribution in [3.63, 3.8) is 0 Å². The number of aryl methyl sites for hydroxylation is 3. The van der Waals surface area contributed by atoms with Gasteiger partial charge in [-0.2, -0.15) is 6.07 Å². The van der Waals surface area contributed by atoms with E-state index in [0.29, 0.717) is 0 Å². The van der Waals surface area contributed by atoms with Gasteiger partial charge in [0.25, 0.3) is 0 Å². The van der Waals surface area contributed by atoms with Gasteiger partial charge in [-0.3, -0.25) is 0 Å². The van der Waals surface area contributed by atoms with E-state index in [0.717, 1.165) is 0 Å². The summed E-state index contributed by atoms with van der Waals surface area (Å²) in [5.41, 5.74) is 8.69. The van der Waals surface area contributed by atoms with Crippen LogP contribution in [0.1, 0.15) is 38.9 Å². The predicted octanol–water partition coefficient (Wildman–Crippen LogP) is 9.13. The van der Waals surface area contributed by atoms with Gasteiger partial charge >= 0.3 is 0 Å². The van der Waals surface area contributed by atoms with Gasteiger partial charge in [-0.1, -0.05) is 95.6 Å². The molecule has 0 fully saturated rings. The van der Waals surface area contributed by atoms with Crippen molar-refractivity contribution in [3.8, 4) is 0 Å². The normalized spacial score (nSPS) is 10.4. The molecule has 0 radical (unpaired) electrons. The summed E-state index contributed by atoms with van der Waals surface area (Å²) in [5, 5.41) is 2.60. The molecule has 0 aliphatic carbocycles. The monoisotopic (exact) mass is 555 g/mol. The Labute approximate surface area is 242 Å². The Balaban J connectivity index is 0.00000153. The molecule has 180 valence electrons. The van der Waals surface area contributed by atoms with Crippen LogP contribution >= 0.6 is 37.2 Å². The fourth-order valence-electron chi connectivity index (χ4n) is 5.08. The molecule has 5 aromatic carbocycles. The van der Waals surface area contributed by atoms with Crippen LogP contribution in [0.15, 0.2) is 109 Å². The molecule has 0 aromatic heterocycles. The first-order valence-electron chi connectivity index (χ1n) is 11.0. The molecular weight excluding hydrogens is 527 g/mol. The quantitative estimate of drug-likeness (QED) is 0.118. The Morgan fingerprint density at radius 3 is 1.37 bits per heavy atom. The Bertz CT molecular complexity index is 1280. The van der Waals surface area contributed by atoms with Crippen LogP contribution in [-0.4, -0.2) is 0 Å². The van der Waals surface area contributed by atoms with Crippen molar-refractivity contribution < 1.29 is 21.7 Å². The van der Waals surface area contributed by atoms with Crippen molar-refractivity contribution in [2.24, 2.45) is 0 Å². The molecule has 0 unspecified atom stereocenters. The fourth-order valence-corrected chi connectivity index (χ4v) is 5.08. The molecule has 4 heteroatoms. The van der Waals surface area contributed by atoms with E-state index in [1.165, 1.54) is 49.7 Å². The van der Waals surface area contributed by atoms with E-state index >= 15 is 0 Å². The van der Waals surface area contributed by atoms with Gasteiger partial charge in [0.1, 0.15) is 0 Å². The van der Waals surface area contributed by atoms with Crippen molar-refractivity contribution in [3.05, 3.63) is 148 Å². The number of hydrogen-bond acceptors (Lipinski definition) is 0. The maximum absolute atomic E-state index is 2.35. The van der Waals surface area contributed by atoms with Gasteiger partial charge in [-0.25, -0.2) is 0 Å². The largest absolute Gasteiger partial charge is 0.168 e. The van der Waals surface area contributed by atoms with Gasteiger partial charge < -0.3 is 0 Å². The number of rotatable bonds is 4. The molecule has 35 heavy (non-hydrogen) atoms. The zero-order valence-electron chi connectivity index (χ0n) is 20.1. The van der Waals surface area contributed by atoms with Crippen LogP contribution in [0, 0.1) is 20.8 Å². The summed E-state index contributed by atoms with van der Waals surface area (Å²) < 4.78 is 0. The summed E-state index contributed by atoms with van der Waals surface area (Å²) in [7, 11) is 0. The maximum Gasteiger partial charge on any atom is 0.0366 e. The first-order valence-corrected chi connectivity index (χ1v) is 11.0. The van der Waals surface area contributed by atoms with E-state index in [4.69, 9.17) is 0 Å². The summed E-state index contributed by atoms with van der Waals surface area (Å²) in [5.74, 6) is 0. The summed E-state index contributed by atoms with van der Waals surface area (Å²) >= 11 is 0. The minimum Gasteiger partial charge on any atom is -0.168 e. The van der Waals surface area contributed by atoms with Gasteiger partial charge in [-0.05, 0) is 37.5 Å². The molecule has 5 aromatic rings. The molecular formula is C31H30Cl3Ti-. The molecule has 0 atom stereocenters. The molecule has 0 amide bonds. The number of hydrogen-bond donors (Lipinski definition) is 0. The molecule has 0 aliphatic rings. The molecule has 0 bridgehead atoms. The third-order valence-electron chi connectivity index (χ3n) is 6.44. The third-order valence-corrected chi connectivity index (χ3v) is 6.44. The fraction of sp³-hybridized carbons (Fsp3) is 0.129.